The Bertz CT molecular complexity index is 770. The van der Waals surface area contributed by atoms with E-state index in [4.69, 9.17) is 4.42 Å². The number of aromatic nitrogens is 2. The summed E-state index contributed by atoms with van der Waals surface area (Å²) in [7, 11) is 0. The summed E-state index contributed by atoms with van der Waals surface area (Å²) in [6.07, 6.45) is 0. The van der Waals surface area contributed by atoms with Crippen molar-refractivity contribution in [3.05, 3.63) is 71.9 Å². The van der Waals surface area contributed by atoms with Crippen LogP contribution in [0.25, 0.3) is 11.5 Å². The minimum atomic E-state index is -0.454. The molecule has 110 valence electrons. The molecule has 0 aliphatic rings. The summed E-state index contributed by atoms with van der Waals surface area (Å²) < 4.78 is 18.2. The fourth-order valence-electron chi connectivity index (χ4n) is 1.88. The van der Waals surface area contributed by atoms with Gasteiger partial charge in [0.05, 0.1) is 0 Å². The van der Waals surface area contributed by atoms with Crippen LogP contribution < -0.4 is 5.32 Å². The largest absolute Gasteiger partial charge is 0.412 e. The van der Waals surface area contributed by atoms with Crippen molar-refractivity contribution >= 4 is 5.91 Å². The number of nitrogens with one attached hydrogen (secondary N) is 1. The van der Waals surface area contributed by atoms with Gasteiger partial charge in [-0.3, -0.25) is 4.79 Å². The molecule has 0 atom stereocenters. The van der Waals surface area contributed by atoms with Gasteiger partial charge >= 0.3 is 11.8 Å². The van der Waals surface area contributed by atoms with Gasteiger partial charge in [0.25, 0.3) is 0 Å². The molecule has 22 heavy (non-hydrogen) atoms. The Morgan fingerprint density at radius 2 is 1.77 bits per heavy atom. The van der Waals surface area contributed by atoms with Crippen molar-refractivity contribution in [1.29, 1.82) is 0 Å². The molecule has 0 aliphatic carbocycles. The molecule has 1 heterocycles. The lowest BCUT2D eigenvalue weighted by molar-refractivity contribution is 0.0917. The molecular weight excluding hydrogens is 285 g/mol. The summed E-state index contributed by atoms with van der Waals surface area (Å²) in [6, 6.07) is 15.1. The van der Waals surface area contributed by atoms with Gasteiger partial charge in [0.2, 0.25) is 5.89 Å². The van der Waals surface area contributed by atoms with E-state index in [0.717, 1.165) is 5.56 Å². The quantitative estimate of drug-likeness (QED) is 0.804. The Hall–Kier alpha value is -3.02. The van der Waals surface area contributed by atoms with Crippen molar-refractivity contribution in [3.63, 3.8) is 0 Å². The van der Waals surface area contributed by atoms with E-state index in [1.165, 1.54) is 24.3 Å². The van der Waals surface area contributed by atoms with Crippen LogP contribution in [-0.2, 0) is 6.54 Å². The molecule has 6 heteroatoms. The van der Waals surface area contributed by atoms with E-state index in [1.807, 2.05) is 30.3 Å². The first kappa shape index (κ1) is 13.9. The molecule has 0 saturated heterocycles. The number of halogens is 1. The number of carbonyl (C=O) groups is 1. The topological polar surface area (TPSA) is 68.0 Å². The normalized spacial score (nSPS) is 10.4. The molecule has 3 aromatic rings. The van der Waals surface area contributed by atoms with Crippen LogP contribution in [0.5, 0.6) is 0 Å². The summed E-state index contributed by atoms with van der Waals surface area (Å²) in [5, 5.41) is 10.2. The van der Waals surface area contributed by atoms with Crippen LogP contribution in [0.15, 0.2) is 59.0 Å². The standard InChI is InChI=1S/C16H12FN3O2/c17-13-8-6-12(7-9-13)15-19-20-16(22-15)14(21)18-10-11-4-2-1-3-5-11/h1-9H,10H2,(H,18,21). The number of carbonyl (C=O) groups excluding carboxylic acids is 1. The van der Waals surface area contributed by atoms with Crippen LogP contribution in [0, 0.1) is 5.82 Å². The third-order valence-corrected chi connectivity index (χ3v) is 3.01. The fourth-order valence-corrected chi connectivity index (χ4v) is 1.88. The smallest absolute Gasteiger partial charge is 0.309 e. The van der Waals surface area contributed by atoms with E-state index in [1.54, 1.807) is 0 Å². The van der Waals surface area contributed by atoms with Crippen molar-refractivity contribution in [2.75, 3.05) is 0 Å². The van der Waals surface area contributed by atoms with E-state index >= 15 is 0 Å². The summed E-state index contributed by atoms with van der Waals surface area (Å²) in [6.45, 7) is 0.369. The van der Waals surface area contributed by atoms with Gasteiger partial charge in [0.15, 0.2) is 0 Å². The number of benzene rings is 2. The highest BCUT2D eigenvalue weighted by molar-refractivity contribution is 5.89. The van der Waals surface area contributed by atoms with Crippen LogP contribution in [-0.4, -0.2) is 16.1 Å². The van der Waals surface area contributed by atoms with E-state index in [-0.39, 0.29) is 17.6 Å². The van der Waals surface area contributed by atoms with Crippen LogP contribution >= 0.6 is 0 Å². The van der Waals surface area contributed by atoms with Crippen molar-refractivity contribution in [1.82, 2.24) is 15.5 Å². The number of rotatable bonds is 4. The van der Waals surface area contributed by atoms with Crippen molar-refractivity contribution in [2.45, 2.75) is 6.54 Å². The molecule has 0 aliphatic heterocycles. The molecular formula is C16H12FN3O2. The van der Waals surface area contributed by atoms with Crippen molar-refractivity contribution in [2.24, 2.45) is 0 Å². The predicted molar refractivity (Wildman–Crippen MR) is 77.3 cm³/mol. The molecule has 1 amide bonds. The third kappa shape index (κ3) is 3.17. The van der Waals surface area contributed by atoms with E-state index in [2.05, 4.69) is 15.5 Å². The zero-order valence-electron chi connectivity index (χ0n) is 11.5. The maximum atomic E-state index is 12.9. The van der Waals surface area contributed by atoms with Crippen LogP contribution in [0.4, 0.5) is 4.39 Å². The number of hydrogen-bond donors (Lipinski definition) is 1. The van der Waals surface area contributed by atoms with Gasteiger partial charge in [-0.15, -0.1) is 10.2 Å². The highest BCUT2D eigenvalue weighted by Crippen LogP contribution is 2.17. The van der Waals surface area contributed by atoms with Crippen molar-refractivity contribution in [3.8, 4) is 11.5 Å². The summed E-state index contributed by atoms with van der Waals surface area (Å²) in [5.74, 6) is -0.770. The fraction of sp³-hybridized carbons (Fsp3) is 0.0625. The minimum Gasteiger partial charge on any atom is -0.412 e. The molecule has 0 bridgehead atoms. The summed E-state index contributed by atoms with van der Waals surface area (Å²) in [5.41, 5.74) is 1.52. The maximum absolute atomic E-state index is 12.9. The number of nitrogens with zero attached hydrogens (tertiary/aromatic N) is 2. The molecule has 2 aromatic carbocycles. The Morgan fingerprint density at radius 3 is 2.50 bits per heavy atom. The molecule has 5 nitrogen and oxygen atoms in total. The molecule has 0 fully saturated rings. The zero-order chi connectivity index (χ0) is 15.4. The van der Waals surface area contributed by atoms with E-state index in [9.17, 15) is 9.18 Å². The van der Waals surface area contributed by atoms with Gasteiger partial charge in [-0.05, 0) is 29.8 Å². The minimum absolute atomic E-state index is 0.129. The van der Waals surface area contributed by atoms with E-state index < -0.39 is 5.91 Å². The average Bonchev–Trinajstić information content (AvgIpc) is 3.04. The Kier molecular flexibility index (Phi) is 3.91. The van der Waals surface area contributed by atoms with Crippen LogP contribution in [0.3, 0.4) is 0 Å². The highest BCUT2D eigenvalue weighted by atomic mass is 19.1. The number of hydrogen-bond acceptors (Lipinski definition) is 4. The lowest BCUT2D eigenvalue weighted by Gasteiger charge is -2.01. The monoisotopic (exact) mass is 297 g/mol. The summed E-state index contributed by atoms with van der Waals surface area (Å²) in [4.78, 5) is 11.9. The zero-order valence-corrected chi connectivity index (χ0v) is 11.5. The molecule has 3 rings (SSSR count). The predicted octanol–water partition coefficient (Wildman–Crippen LogP) is 2.81. The lowest BCUT2D eigenvalue weighted by atomic mass is 10.2. The third-order valence-electron chi connectivity index (χ3n) is 3.01. The molecule has 0 radical (unpaired) electrons. The van der Waals surface area contributed by atoms with Crippen LogP contribution in [0.2, 0.25) is 0 Å². The Labute approximate surface area is 125 Å². The summed E-state index contributed by atoms with van der Waals surface area (Å²) >= 11 is 0. The van der Waals surface area contributed by atoms with Gasteiger partial charge in [-0.2, -0.15) is 0 Å². The molecule has 1 aromatic heterocycles. The van der Waals surface area contributed by atoms with Gasteiger partial charge in [0, 0.05) is 12.1 Å². The molecule has 0 unspecified atom stereocenters. The molecule has 1 N–H and O–H groups in total. The van der Waals surface area contributed by atoms with Crippen LogP contribution in [0.1, 0.15) is 16.2 Å². The first-order chi connectivity index (χ1) is 10.7. The maximum Gasteiger partial charge on any atom is 0.309 e. The Balaban J connectivity index is 1.68. The second-order valence-electron chi connectivity index (χ2n) is 4.59. The first-order valence-electron chi connectivity index (χ1n) is 6.64. The average molecular weight is 297 g/mol. The first-order valence-corrected chi connectivity index (χ1v) is 6.64. The Morgan fingerprint density at radius 1 is 1.05 bits per heavy atom. The van der Waals surface area contributed by atoms with Gasteiger partial charge in [0.1, 0.15) is 5.82 Å². The second kappa shape index (κ2) is 6.17. The highest BCUT2D eigenvalue weighted by Gasteiger charge is 2.15. The van der Waals surface area contributed by atoms with Gasteiger partial charge in [-0.1, -0.05) is 30.3 Å². The SMILES string of the molecule is O=C(NCc1ccccc1)c1nnc(-c2ccc(F)cc2)o1. The second-order valence-corrected chi connectivity index (χ2v) is 4.59. The van der Waals surface area contributed by atoms with Gasteiger partial charge < -0.3 is 9.73 Å². The lowest BCUT2D eigenvalue weighted by Crippen LogP contribution is -2.23. The number of amides is 1. The molecule has 0 spiro atoms. The van der Waals surface area contributed by atoms with E-state index in [0.29, 0.717) is 12.1 Å². The van der Waals surface area contributed by atoms with Gasteiger partial charge in [-0.25, -0.2) is 4.39 Å². The molecule has 0 saturated carbocycles. The van der Waals surface area contributed by atoms with Crippen molar-refractivity contribution < 1.29 is 13.6 Å².